The third kappa shape index (κ3) is 6.46. The Morgan fingerprint density at radius 1 is 1.18 bits per heavy atom. The maximum atomic E-state index is 13.5. The van der Waals surface area contributed by atoms with Crippen molar-refractivity contribution in [3.8, 4) is 0 Å². The van der Waals surface area contributed by atoms with E-state index in [1.165, 1.54) is 7.11 Å². The molecule has 236 valence electrons. The molecule has 2 aromatic carbocycles. The summed E-state index contributed by atoms with van der Waals surface area (Å²) in [4.78, 5) is 42.3. The Balaban J connectivity index is 1.48. The minimum Gasteiger partial charge on any atom is -0.437 e. The summed E-state index contributed by atoms with van der Waals surface area (Å²) in [5, 5.41) is 8.73. The van der Waals surface area contributed by atoms with Crippen molar-refractivity contribution in [2.45, 2.75) is 83.7 Å². The Morgan fingerprint density at radius 3 is 2.68 bits per heavy atom. The molecule has 12 heteroatoms. The zero-order valence-electron chi connectivity index (χ0n) is 26.5. The maximum Gasteiger partial charge on any atom is 0.517 e. The normalized spacial score (nSPS) is 20.3. The average molecular weight is 622 g/mol. The van der Waals surface area contributed by atoms with Gasteiger partial charge in [0.1, 0.15) is 6.73 Å². The van der Waals surface area contributed by atoms with E-state index in [2.05, 4.69) is 41.8 Å². The van der Waals surface area contributed by atoms with E-state index in [0.29, 0.717) is 45.7 Å². The van der Waals surface area contributed by atoms with Crippen LogP contribution in [0.15, 0.2) is 42.6 Å². The molecule has 2 atom stereocenters. The van der Waals surface area contributed by atoms with Crippen LogP contribution in [0.25, 0.3) is 10.9 Å². The summed E-state index contributed by atoms with van der Waals surface area (Å²) < 4.78 is 17.5. The van der Waals surface area contributed by atoms with Gasteiger partial charge in [-0.25, -0.2) is 19.1 Å². The fourth-order valence-electron chi connectivity index (χ4n) is 6.36. The summed E-state index contributed by atoms with van der Waals surface area (Å²) in [7, 11) is -0.0269. The highest BCUT2D eigenvalue weighted by molar-refractivity contribution is 6.76. The van der Waals surface area contributed by atoms with Crippen molar-refractivity contribution >= 4 is 42.9 Å². The van der Waals surface area contributed by atoms with E-state index in [4.69, 9.17) is 14.6 Å². The summed E-state index contributed by atoms with van der Waals surface area (Å²) in [6.45, 7) is 12.8. The van der Waals surface area contributed by atoms with Gasteiger partial charge in [0.2, 0.25) is 0 Å². The van der Waals surface area contributed by atoms with Crippen LogP contribution in [0.4, 0.5) is 20.1 Å². The Labute approximate surface area is 259 Å². The van der Waals surface area contributed by atoms with Crippen LogP contribution in [0.5, 0.6) is 0 Å². The van der Waals surface area contributed by atoms with Gasteiger partial charge >= 0.3 is 18.3 Å². The summed E-state index contributed by atoms with van der Waals surface area (Å²) in [5.74, 6) is 0. The van der Waals surface area contributed by atoms with Crippen LogP contribution in [-0.4, -0.2) is 72.2 Å². The van der Waals surface area contributed by atoms with Crippen LogP contribution < -0.4 is 5.32 Å². The number of carbonyl (C=O) groups is 3. The van der Waals surface area contributed by atoms with E-state index in [9.17, 15) is 14.4 Å². The molecule has 1 aromatic heterocycles. The van der Waals surface area contributed by atoms with Crippen molar-refractivity contribution in [3.05, 3.63) is 59.3 Å². The summed E-state index contributed by atoms with van der Waals surface area (Å²) >= 11 is 0. The standard InChI is InChI=1S/C32H43N5O6Si/c1-7-32(25-16-22(2)28-24(17-25)19-35(34-28)21-42-14-15-44(4,5)6)18-26(12-13-37(32)30(39)43-31(40)41-3)36-20-23-10-8-9-11-27(23)33-29(36)38/h8-11,16-17,19,26H,7,12-15,18,20-21H2,1-6H3,(H,33,38). The number of aryl methyl sites for hydroxylation is 1. The van der Waals surface area contributed by atoms with Crippen molar-refractivity contribution in [3.63, 3.8) is 0 Å². The predicted molar refractivity (Wildman–Crippen MR) is 170 cm³/mol. The zero-order valence-corrected chi connectivity index (χ0v) is 27.5. The topological polar surface area (TPSA) is 115 Å². The largest absolute Gasteiger partial charge is 0.517 e. The highest BCUT2D eigenvalue weighted by Crippen LogP contribution is 2.44. The molecule has 2 unspecified atom stereocenters. The van der Waals surface area contributed by atoms with Gasteiger partial charge < -0.3 is 24.4 Å². The van der Waals surface area contributed by atoms with Crippen LogP contribution in [-0.2, 0) is 33.0 Å². The van der Waals surface area contributed by atoms with E-state index >= 15 is 0 Å². The minimum absolute atomic E-state index is 0.161. The quantitative estimate of drug-likeness (QED) is 0.129. The average Bonchev–Trinajstić information content (AvgIpc) is 3.41. The molecule has 0 saturated carbocycles. The molecule has 3 heterocycles. The van der Waals surface area contributed by atoms with Crippen molar-refractivity contribution in [1.82, 2.24) is 19.6 Å². The van der Waals surface area contributed by atoms with Gasteiger partial charge in [-0.3, -0.25) is 4.90 Å². The van der Waals surface area contributed by atoms with Gasteiger partial charge in [-0.1, -0.05) is 50.8 Å². The third-order valence-electron chi connectivity index (χ3n) is 8.82. The van der Waals surface area contributed by atoms with Crippen LogP contribution in [0, 0.1) is 6.92 Å². The summed E-state index contributed by atoms with van der Waals surface area (Å²) in [6.07, 6.45) is 1.67. The number of para-hydroxylation sites is 1. The molecule has 3 amide bonds. The van der Waals surface area contributed by atoms with Gasteiger partial charge in [-0.15, -0.1) is 0 Å². The molecule has 2 aliphatic heterocycles. The van der Waals surface area contributed by atoms with Crippen LogP contribution in [0.1, 0.15) is 42.9 Å². The highest BCUT2D eigenvalue weighted by Gasteiger charge is 2.49. The molecule has 0 radical (unpaired) electrons. The number of methoxy groups -OCH3 is 1. The molecular formula is C32H43N5O6Si. The monoisotopic (exact) mass is 621 g/mol. The molecule has 0 spiro atoms. The van der Waals surface area contributed by atoms with Crippen LogP contribution >= 0.6 is 0 Å². The van der Waals surface area contributed by atoms with Crippen molar-refractivity contribution in [2.75, 3.05) is 25.6 Å². The maximum absolute atomic E-state index is 13.5. The number of hydrogen-bond donors (Lipinski definition) is 1. The first-order valence-corrected chi connectivity index (χ1v) is 18.9. The molecule has 0 aliphatic carbocycles. The highest BCUT2D eigenvalue weighted by atomic mass is 28.3. The van der Waals surface area contributed by atoms with Gasteiger partial charge in [0.05, 0.1) is 18.2 Å². The molecule has 1 N–H and O–H groups in total. The van der Waals surface area contributed by atoms with E-state index in [1.54, 1.807) is 4.90 Å². The number of rotatable bonds is 8. The van der Waals surface area contributed by atoms with Crippen LogP contribution in [0.2, 0.25) is 25.7 Å². The number of ether oxygens (including phenoxy) is 3. The first-order chi connectivity index (χ1) is 20.9. The number of nitrogens with zero attached hydrogens (tertiary/aromatic N) is 4. The molecular weight excluding hydrogens is 578 g/mol. The molecule has 5 rings (SSSR count). The zero-order chi connectivity index (χ0) is 31.6. The lowest BCUT2D eigenvalue weighted by Crippen LogP contribution is -2.59. The predicted octanol–water partition coefficient (Wildman–Crippen LogP) is 6.68. The minimum atomic E-state index is -1.20. The van der Waals surface area contributed by atoms with Gasteiger partial charge in [0.15, 0.2) is 0 Å². The number of piperidine rings is 1. The number of anilines is 1. The molecule has 2 aliphatic rings. The van der Waals surface area contributed by atoms with Crippen molar-refractivity contribution in [1.29, 1.82) is 0 Å². The smallest absolute Gasteiger partial charge is 0.437 e. The Hall–Kier alpha value is -3.90. The van der Waals surface area contributed by atoms with Gasteiger partial charge in [-0.2, -0.15) is 5.10 Å². The first-order valence-electron chi connectivity index (χ1n) is 15.2. The molecule has 0 bridgehead atoms. The van der Waals surface area contributed by atoms with Crippen molar-refractivity contribution < 1.29 is 28.6 Å². The molecule has 3 aromatic rings. The van der Waals surface area contributed by atoms with Gasteiger partial charge in [0.25, 0.3) is 0 Å². The number of benzene rings is 2. The van der Waals surface area contributed by atoms with E-state index in [-0.39, 0.29) is 12.1 Å². The number of likely N-dealkylation sites (tertiary alicyclic amines) is 1. The molecule has 1 saturated heterocycles. The lowest BCUT2D eigenvalue weighted by molar-refractivity contribution is -0.00260. The fourth-order valence-corrected chi connectivity index (χ4v) is 7.11. The number of urea groups is 1. The Kier molecular flexibility index (Phi) is 9.03. The number of aromatic nitrogens is 2. The number of hydrogen-bond acceptors (Lipinski definition) is 7. The van der Waals surface area contributed by atoms with Crippen LogP contribution in [0.3, 0.4) is 0 Å². The molecule has 11 nitrogen and oxygen atoms in total. The SMILES string of the molecule is CCC1(c2cc(C)c3nn(COCC[Si](C)(C)C)cc3c2)CC(N2Cc3ccccc3NC2=O)CCN1C(=O)OC(=O)OC. The second kappa shape index (κ2) is 12.6. The number of fused-ring (bicyclic) bond motifs is 2. The lowest BCUT2D eigenvalue weighted by atomic mass is 9.75. The van der Waals surface area contributed by atoms with E-state index in [0.717, 1.165) is 39.3 Å². The fraction of sp³-hybridized carbons (Fsp3) is 0.500. The number of carbonyl (C=O) groups excluding carboxylic acids is 3. The Bertz CT molecular complexity index is 1550. The summed E-state index contributed by atoms with van der Waals surface area (Å²) in [6, 6.07) is 12.7. The van der Waals surface area contributed by atoms with E-state index < -0.39 is 25.9 Å². The number of amides is 3. The Morgan fingerprint density at radius 2 is 1.95 bits per heavy atom. The van der Waals surface area contributed by atoms with Crippen molar-refractivity contribution in [2.24, 2.45) is 0 Å². The first kappa shape index (κ1) is 31.5. The third-order valence-corrected chi connectivity index (χ3v) is 10.5. The van der Waals surface area contributed by atoms with Gasteiger partial charge in [0, 0.05) is 51.1 Å². The van der Waals surface area contributed by atoms with E-state index in [1.807, 2.05) is 53.9 Å². The van der Waals surface area contributed by atoms with Gasteiger partial charge in [-0.05, 0) is 61.1 Å². The molecule has 1 fully saturated rings. The summed E-state index contributed by atoms with van der Waals surface area (Å²) in [5.41, 5.74) is 3.71. The second-order valence-corrected chi connectivity index (χ2v) is 18.6. The molecule has 44 heavy (non-hydrogen) atoms. The lowest BCUT2D eigenvalue weighted by Gasteiger charge is -2.51. The second-order valence-electron chi connectivity index (χ2n) is 13.0. The number of nitrogens with one attached hydrogen (secondary N) is 1.